The van der Waals surface area contributed by atoms with Crippen LogP contribution in [-0.4, -0.2) is 10.2 Å². The maximum atomic E-state index is 13.0. The fourth-order valence-corrected chi connectivity index (χ4v) is 0.983. The Hall–Kier alpha value is -1.60. The van der Waals surface area contributed by atoms with Crippen LogP contribution in [0.5, 0.6) is 5.75 Å². The Labute approximate surface area is 74.7 Å². The van der Waals surface area contributed by atoms with Gasteiger partial charge in [0.25, 0.3) is 0 Å². The SMILES string of the molecule is N#CCC(O)c1ccc(O)cc1F. The van der Waals surface area contributed by atoms with Crippen LogP contribution in [-0.2, 0) is 0 Å². The van der Waals surface area contributed by atoms with Crippen molar-refractivity contribution >= 4 is 0 Å². The lowest BCUT2D eigenvalue weighted by atomic mass is 10.1. The molecule has 13 heavy (non-hydrogen) atoms. The topological polar surface area (TPSA) is 64.2 Å². The quantitative estimate of drug-likeness (QED) is 0.726. The molecule has 2 N–H and O–H groups in total. The fourth-order valence-electron chi connectivity index (χ4n) is 0.983. The highest BCUT2D eigenvalue weighted by Crippen LogP contribution is 2.22. The van der Waals surface area contributed by atoms with Gasteiger partial charge in [-0.15, -0.1) is 0 Å². The highest BCUT2D eigenvalue weighted by Gasteiger charge is 2.12. The Bertz CT molecular complexity index is 346. The summed E-state index contributed by atoms with van der Waals surface area (Å²) in [6, 6.07) is 5.15. The maximum Gasteiger partial charge on any atom is 0.132 e. The zero-order valence-electron chi connectivity index (χ0n) is 6.74. The van der Waals surface area contributed by atoms with Gasteiger partial charge < -0.3 is 10.2 Å². The van der Waals surface area contributed by atoms with E-state index in [0.29, 0.717) is 0 Å². The van der Waals surface area contributed by atoms with Crippen LogP contribution in [0.1, 0.15) is 18.1 Å². The van der Waals surface area contributed by atoms with E-state index in [1.165, 1.54) is 12.1 Å². The first-order valence-electron chi connectivity index (χ1n) is 3.68. The summed E-state index contributed by atoms with van der Waals surface area (Å²) >= 11 is 0. The van der Waals surface area contributed by atoms with Crippen LogP contribution in [0.4, 0.5) is 4.39 Å². The smallest absolute Gasteiger partial charge is 0.132 e. The Morgan fingerprint density at radius 2 is 2.23 bits per heavy atom. The van der Waals surface area contributed by atoms with Gasteiger partial charge in [0.2, 0.25) is 0 Å². The largest absolute Gasteiger partial charge is 0.508 e. The maximum absolute atomic E-state index is 13.0. The normalized spacial score (nSPS) is 12.1. The second-order valence-corrected chi connectivity index (χ2v) is 2.58. The lowest BCUT2D eigenvalue weighted by molar-refractivity contribution is 0.178. The monoisotopic (exact) mass is 181 g/mol. The number of nitriles is 1. The van der Waals surface area contributed by atoms with E-state index in [1.807, 2.05) is 0 Å². The van der Waals surface area contributed by atoms with Crippen LogP contribution in [0, 0.1) is 17.1 Å². The predicted octanol–water partition coefficient (Wildman–Crippen LogP) is 1.48. The molecule has 0 bridgehead atoms. The number of phenolic OH excluding ortho intramolecular Hbond substituents is 1. The molecule has 1 aromatic carbocycles. The summed E-state index contributed by atoms with van der Waals surface area (Å²) in [5, 5.41) is 26.4. The van der Waals surface area contributed by atoms with Gasteiger partial charge >= 0.3 is 0 Å². The number of rotatable bonds is 2. The van der Waals surface area contributed by atoms with Crippen molar-refractivity contribution in [1.29, 1.82) is 5.26 Å². The van der Waals surface area contributed by atoms with Gasteiger partial charge in [0.1, 0.15) is 11.6 Å². The summed E-state index contributed by atoms with van der Waals surface area (Å²) in [4.78, 5) is 0. The molecule has 0 aliphatic rings. The number of nitrogens with zero attached hydrogens (tertiary/aromatic N) is 1. The van der Waals surface area contributed by atoms with Gasteiger partial charge in [-0.25, -0.2) is 4.39 Å². The minimum Gasteiger partial charge on any atom is -0.508 e. The van der Waals surface area contributed by atoms with E-state index in [4.69, 9.17) is 10.4 Å². The molecule has 3 nitrogen and oxygen atoms in total. The van der Waals surface area contributed by atoms with E-state index in [-0.39, 0.29) is 17.7 Å². The summed E-state index contributed by atoms with van der Waals surface area (Å²) in [6.07, 6.45) is -1.30. The molecule has 1 atom stereocenters. The van der Waals surface area contributed by atoms with Gasteiger partial charge in [0.05, 0.1) is 18.6 Å². The van der Waals surface area contributed by atoms with E-state index in [1.54, 1.807) is 6.07 Å². The molecule has 0 aliphatic carbocycles. The molecule has 0 aromatic heterocycles. The number of phenols is 1. The number of aromatic hydroxyl groups is 1. The molecule has 0 aliphatic heterocycles. The van der Waals surface area contributed by atoms with Gasteiger partial charge in [-0.1, -0.05) is 0 Å². The number of aliphatic hydroxyl groups is 1. The number of hydrogen-bond donors (Lipinski definition) is 2. The second kappa shape index (κ2) is 3.87. The molecule has 4 heteroatoms. The van der Waals surface area contributed by atoms with Crippen LogP contribution >= 0.6 is 0 Å². The van der Waals surface area contributed by atoms with Crippen molar-refractivity contribution in [2.24, 2.45) is 0 Å². The third-order valence-electron chi connectivity index (χ3n) is 1.63. The van der Waals surface area contributed by atoms with E-state index in [0.717, 1.165) is 6.07 Å². The lowest BCUT2D eigenvalue weighted by Gasteiger charge is -2.07. The lowest BCUT2D eigenvalue weighted by Crippen LogP contribution is -1.98. The summed E-state index contributed by atoms with van der Waals surface area (Å²) in [7, 11) is 0. The summed E-state index contributed by atoms with van der Waals surface area (Å²) in [5.41, 5.74) is 0.0272. The van der Waals surface area contributed by atoms with E-state index in [9.17, 15) is 9.50 Å². The third kappa shape index (κ3) is 2.17. The van der Waals surface area contributed by atoms with Gasteiger partial charge in [-0.05, 0) is 12.1 Å². The number of benzene rings is 1. The van der Waals surface area contributed by atoms with Gasteiger partial charge in [0.15, 0.2) is 0 Å². The van der Waals surface area contributed by atoms with Crippen molar-refractivity contribution in [2.45, 2.75) is 12.5 Å². The van der Waals surface area contributed by atoms with Crippen molar-refractivity contribution in [3.05, 3.63) is 29.6 Å². The molecule has 0 saturated heterocycles. The van der Waals surface area contributed by atoms with Crippen LogP contribution in [0.3, 0.4) is 0 Å². The molecule has 0 heterocycles. The molecular formula is C9H8FNO2. The highest BCUT2D eigenvalue weighted by molar-refractivity contribution is 5.29. The predicted molar refractivity (Wildman–Crippen MR) is 43.3 cm³/mol. The second-order valence-electron chi connectivity index (χ2n) is 2.58. The molecular weight excluding hydrogens is 173 g/mol. The van der Waals surface area contributed by atoms with E-state index in [2.05, 4.69) is 0 Å². The molecule has 1 rings (SSSR count). The van der Waals surface area contributed by atoms with Crippen LogP contribution in [0.2, 0.25) is 0 Å². The van der Waals surface area contributed by atoms with Crippen LogP contribution in [0.25, 0.3) is 0 Å². The van der Waals surface area contributed by atoms with Gasteiger partial charge in [-0.2, -0.15) is 5.26 Å². The number of hydrogen-bond acceptors (Lipinski definition) is 3. The zero-order valence-corrected chi connectivity index (χ0v) is 6.74. The molecule has 0 saturated carbocycles. The van der Waals surface area contributed by atoms with Crippen LogP contribution < -0.4 is 0 Å². The van der Waals surface area contributed by atoms with Crippen LogP contribution in [0.15, 0.2) is 18.2 Å². The average molecular weight is 181 g/mol. The number of aliphatic hydroxyl groups excluding tert-OH is 1. The Morgan fingerprint density at radius 1 is 1.54 bits per heavy atom. The minimum atomic E-state index is -1.13. The molecule has 1 unspecified atom stereocenters. The fraction of sp³-hybridized carbons (Fsp3) is 0.222. The number of halogens is 1. The highest BCUT2D eigenvalue weighted by atomic mass is 19.1. The molecule has 0 amide bonds. The molecule has 0 spiro atoms. The van der Waals surface area contributed by atoms with Crippen molar-refractivity contribution in [3.8, 4) is 11.8 Å². The first-order chi connectivity index (χ1) is 6.15. The van der Waals surface area contributed by atoms with Gasteiger partial charge in [0, 0.05) is 11.6 Å². The zero-order chi connectivity index (χ0) is 9.84. The standard InChI is InChI=1S/C9H8FNO2/c10-8-5-6(12)1-2-7(8)9(13)3-4-11/h1-2,5,9,12-13H,3H2. The summed E-state index contributed by atoms with van der Waals surface area (Å²) in [6.45, 7) is 0. The first kappa shape index (κ1) is 9.49. The molecule has 0 radical (unpaired) electrons. The Kier molecular flexibility index (Phi) is 2.83. The third-order valence-corrected chi connectivity index (χ3v) is 1.63. The average Bonchev–Trinajstić information content (AvgIpc) is 2.04. The Balaban J connectivity index is 2.96. The van der Waals surface area contributed by atoms with E-state index < -0.39 is 11.9 Å². The van der Waals surface area contributed by atoms with Gasteiger partial charge in [-0.3, -0.25) is 0 Å². The minimum absolute atomic E-state index is 0.0272. The van der Waals surface area contributed by atoms with Crippen molar-refractivity contribution in [3.63, 3.8) is 0 Å². The molecule has 68 valence electrons. The van der Waals surface area contributed by atoms with Crippen molar-refractivity contribution in [2.75, 3.05) is 0 Å². The van der Waals surface area contributed by atoms with Crippen molar-refractivity contribution in [1.82, 2.24) is 0 Å². The Morgan fingerprint density at radius 3 is 2.77 bits per heavy atom. The molecule has 0 fully saturated rings. The van der Waals surface area contributed by atoms with Crippen molar-refractivity contribution < 1.29 is 14.6 Å². The first-order valence-corrected chi connectivity index (χ1v) is 3.68. The summed E-state index contributed by atoms with van der Waals surface area (Å²) < 4.78 is 13.0. The summed E-state index contributed by atoms with van der Waals surface area (Å²) in [5.74, 6) is -0.909. The van der Waals surface area contributed by atoms with E-state index >= 15 is 0 Å². The molecule has 1 aromatic rings.